The summed E-state index contributed by atoms with van der Waals surface area (Å²) >= 11 is 0. The zero-order chi connectivity index (χ0) is 14.7. The van der Waals surface area contributed by atoms with Crippen LogP contribution in [0.2, 0.25) is 0 Å². The molecule has 21 heavy (non-hydrogen) atoms. The molecule has 0 amide bonds. The van der Waals surface area contributed by atoms with E-state index in [1.807, 2.05) is 36.5 Å². The molecule has 0 fully saturated rings. The Balaban J connectivity index is 0.000000126. The van der Waals surface area contributed by atoms with Crippen molar-refractivity contribution < 1.29 is 5.11 Å². The van der Waals surface area contributed by atoms with E-state index in [0.717, 1.165) is 16.5 Å². The first-order valence-corrected chi connectivity index (χ1v) is 6.98. The average molecular weight is 278 g/mol. The summed E-state index contributed by atoms with van der Waals surface area (Å²) in [7, 11) is 0. The first-order valence-electron chi connectivity index (χ1n) is 6.98. The molecule has 0 spiro atoms. The number of nitrogens with one attached hydrogen (secondary N) is 2. The van der Waals surface area contributed by atoms with Gasteiger partial charge in [0.25, 0.3) is 0 Å². The van der Waals surface area contributed by atoms with Crippen LogP contribution in [0.3, 0.4) is 0 Å². The van der Waals surface area contributed by atoms with Gasteiger partial charge in [-0.15, -0.1) is 0 Å². The summed E-state index contributed by atoms with van der Waals surface area (Å²) in [5, 5.41) is 11.3. The maximum Gasteiger partial charge on any atom is 0.0688 e. The summed E-state index contributed by atoms with van der Waals surface area (Å²) in [5.74, 6) is 0. The van der Waals surface area contributed by atoms with E-state index in [-0.39, 0.29) is 6.61 Å². The van der Waals surface area contributed by atoms with Gasteiger partial charge in [-0.1, -0.05) is 30.3 Å². The van der Waals surface area contributed by atoms with Crippen molar-refractivity contribution in [2.24, 2.45) is 0 Å². The van der Waals surface area contributed by atoms with Crippen molar-refractivity contribution in [3.05, 3.63) is 72.1 Å². The SMILES string of the molecule is Cc1cc2ccccc2[nH]1.OCc1cccc2[nH]ccc12. The highest BCUT2D eigenvalue weighted by molar-refractivity contribution is 5.82. The Bertz CT molecular complexity index is 825. The van der Waals surface area contributed by atoms with Crippen LogP contribution in [0.4, 0.5) is 0 Å². The van der Waals surface area contributed by atoms with Crippen LogP contribution in [-0.2, 0) is 6.61 Å². The Labute approximate surface area is 123 Å². The second-order valence-electron chi connectivity index (χ2n) is 5.05. The first kappa shape index (κ1) is 13.5. The summed E-state index contributed by atoms with van der Waals surface area (Å²) in [6.45, 7) is 2.18. The molecule has 0 aliphatic rings. The average Bonchev–Trinajstić information content (AvgIpc) is 3.11. The van der Waals surface area contributed by atoms with Crippen molar-refractivity contribution >= 4 is 21.8 Å². The molecule has 4 rings (SSSR count). The normalized spacial score (nSPS) is 10.6. The molecule has 0 radical (unpaired) electrons. The highest BCUT2D eigenvalue weighted by atomic mass is 16.3. The van der Waals surface area contributed by atoms with Crippen molar-refractivity contribution in [3.63, 3.8) is 0 Å². The van der Waals surface area contributed by atoms with Crippen molar-refractivity contribution in [1.82, 2.24) is 9.97 Å². The zero-order valence-corrected chi connectivity index (χ0v) is 11.9. The monoisotopic (exact) mass is 278 g/mol. The van der Waals surface area contributed by atoms with Gasteiger partial charge in [0.2, 0.25) is 0 Å². The van der Waals surface area contributed by atoms with Gasteiger partial charge in [-0.05, 0) is 42.1 Å². The number of H-pyrrole nitrogens is 2. The molecule has 0 aliphatic heterocycles. The lowest BCUT2D eigenvalue weighted by Gasteiger charge is -1.96. The second kappa shape index (κ2) is 5.85. The van der Waals surface area contributed by atoms with Gasteiger partial charge in [-0.3, -0.25) is 0 Å². The summed E-state index contributed by atoms with van der Waals surface area (Å²) < 4.78 is 0. The molecule has 0 saturated carbocycles. The number of benzene rings is 2. The number of aromatic amines is 2. The molecule has 0 aliphatic carbocycles. The van der Waals surface area contributed by atoms with Crippen LogP contribution < -0.4 is 0 Å². The molecule has 2 heterocycles. The minimum atomic E-state index is 0.106. The van der Waals surface area contributed by atoms with Gasteiger partial charge in [-0.25, -0.2) is 0 Å². The Morgan fingerprint density at radius 2 is 1.76 bits per heavy atom. The van der Waals surface area contributed by atoms with E-state index in [1.165, 1.54) is 16.6 Å². The van der Waals surface area contributed by atoms with E-state index in [9.17, 15) is 0 Å². The number of aromatic nitrogens is 2. The van der Waals surface area contributed by atoms with Crippen LogP contribution >= 0.6 is 0 Å². The topological polar surface area (TPSA) is 51.8 Å². The van der Waals surface area contributed by atoms with Gasteiger partial charge in [0.05, 0.1) is 6.61 Å². The van der Waals surface area contributed by atoms with Crippen molar-refractivity contribution in [2.45, 2.75) is 13.5 Å². The van der Waals surface area contributed by atoms with Crippen LogP contribution in [0.25, 0.3) is 21.8 Å². The van der Waals surface area contributed by atoms with E-state index in [2.05, 4.69) is 41.2 Å². The Kier molecular flexibility index (Phi) is 3.75. The summed E-state index contributed by atoms with van der Waals surface area (Å²) in [5.41, 5.74) is 4.50. The van der Waals surface area contributed by atoms with Crippen LogP contribution in [0.1, 0.15) is 11.3 Å². The fraction of sp³-hybridized carbons (Fsp3) is 0.111. The lowest BCUT2D eigenvalue weighted by atomic mass is 10.1. The Morgan fingerprint density at radius 3 is 2.57 bits per heavy atom. The molecule has 0 bridgehead atoms. The highest BCUT2D eigenvalue weighted by Gasteiger charge is 1.97. The third-order valence-electron chi connectivity index (χ3n) is 3.52. The number of hydrogen-bond donors (Lipinski definition) is 3. The third kappa shape index (κ3) is 2.83. The van der Waals surface area contributed by atoms with E-state index in [0.29, 0.717) is 0 Å². The number of aliphatic hydroxyl groups excluding tert-OH is 1. The Hall–Kier alpha value is -2.52. The van der Waals surface area contributed by atoms with E-state index >= 15 is 0 Å². The van der Waals surface area contributed by atoms with Crippen LogP contribution in [-0.4, -0.2) is 15.1 Å². The van der Waals surface area contributed by atoms with E-state index < -0.39 is 0 Å². The number of para-hydroxylation sites is 1. The summed E-state index contributed by atoms with van der Waals surface area (Å²) in [4.78, 5) is 6.34. The summed E-state index contributed by atoms with van der Waals surface area (Å²) in [6.07, 6.45) is 1.88. The second-order valence-corrected chi connectivity index (χ2v) is 5.05. The predicted octanol–water partition coefficient (Wildman–Crippen LogP) is 4.14. The molecule has 2 aromatic carbocycles. The summed E-state index contributed by atoms with van der Waals surface area (Å²) in [6, 6.07) is 18.3. The lowest BCUT2D eigenvalue weighted by Crippen LogP contribution is -1.81. The molecule has 0 saturated heterocycles. The van der Waals surface area contributed by atoms with Crippen LogP contribution in [0, 0.1) is 6.92 Å². The maximum absolute atomic E-state index is 8.94. The van der Waals surface area contributed by atoms with E-state index in [1.54, 1.807) is 0 Å². The molecule has 3 heteroatoms. The van der Waals surface area contributed by atoms with Gasteiger partial charge in [-0.2, -0.15) is 0 Å². The Morgan fingerprint density at radius 1 is 0.952 bits per heavy atom. The van der Waals surface area contributed by atoms with E-state index in [4.69, 9.17) is 5.11 Å². The lowest BCUT2D eigenvalue weighted by molar-refractivity contribution is 0.283. The van der Waals surface area contributed by atoms with Crippen molar-refractivity contribution in [1.29, 1.82) is 0 Å². The minimum absolute atomic E-state index is 0.106. The standard InChI is InChI=1S/C9H9NO.C9H9N/c11-6-7-2-1-3-9-8(7)4-5-10-9;1-7-6-8-4-2-3-5-9(8)10-7/h1-5,10-11H,6H2;2-6,10H,1H3. The highest BCUT2D eigenvalue weighted by Crippen LogP contribution is 2.16. The first-order chi connectivity index (χ1) is 10.3. The number of aryl methyl sites for hydroxylation is 1. The predicted molar refractivity (Wildman–Crippen MR) is 87.3 cm³/mol. The van der Waals surface area contributed by atoms with Gasteiger partial charge in [0, 0.05) is 28.3 Å². The molecule has 4 aromatic rings. The van der Waals surface area contributed by atoms with Crippen molar-refractivity contribution in [2.75, 3.05) is 0 Å². The molecule has 3 N–H and O–H groups in total. The largest absolute Gasteiger partial charge is 0.392 e. The van der Waals surface area contributed by atoms with Gasteiger partial charge < -0.3 is 15.1 Å². The molecule has 0 unspecified atom stereocenters. The molecule has 106 valence electrons. The fourth-order valence-electron chi connectivity index (χ4n) is 2.51. The number of fused-ring (bicyclic) bond motifs is 2. The van der Waals surface area contributed by atoms with Gasteiger partial charge >= 0.3 is 0 Å². The smallest absolute Gasteiger partial charge is 0.0688 e. The number of hydrogen-bond acceptors (Lipinski definition) is 1. The van der Waals surface area contributed by atoms with Crippen molar-refractivity contribution in [3.8, 4) is 0 Å². The maximum atomic E-state index is 8.94. The number of rotatable bonds is 1. The number of aliphatic hydroxyl groups is 1. The van der Waals surface area contributed by atoms with Gasteiger partial charge in [0.1, 0.15) is 0 Å². The molecular formula is C18H18N2O. The molecular weight excluding hydrogens is 260 g/mol. The molecule has 0 atom stereocenters. The zero-order valence-electron chi connectivity index (χ0n) is 11.9. The quantitative estimate of drug-likeness (QED) is 0.481. The minimum Gasteiger partial charge on any atom is -0.392 e. The van der Waals surface area contributed by atoms with Crippen LogP contribution in [0.15, 0.2) is 60.8 Å². The third-order valence-corrected chi connectivity index (χ3v) is 3.52. The molecule has 2 aromatic heterocycles. The van der Waals surface area contributed by atoms with Crippen LogP contribution in [0.5, 0.6) is 0 Å². The molecule has 3 nitrogen and oxygen atoms in total. The fourth-order valence-corrected chi connectivity index (χ4v) is 2.51. The van der Waals surface area contributed by atoms with Gasteiger partial charge in [0.15, 0.2) is 0 Å².